The van der Waals surface area contributed by atoms with Gasteiger partial charge in [-0.25, -0.2) is 0 Å². The Morgan fingerprint density at radius 1 is 1.46 bits per heavy atom. The van der Waals surface area contributed by atoms with E-state index >= 15 is 0 Å². The molecular weight excluding hydrogens is 162 g/mol. The lowest BCUT2D eigenvalue weighted by Gasteiger charge is -2.11. The van der Waals surface area contributed by atoms with Crippen molar-refractivity contribution in [3.63, 3.8) is 0 Å². The average Bonchev–Trinajstić information content (AvgIpc) is 2.16. The van der Waals surface area contributed by atoms with Crippen molar-refractivity contribution < 1.29 is 4.74 Å². The molecule has 1 atom stereocenters. The fourth-order valence-corrected chi connectivity index (χ4v) is 1.24. The number of nitriles is 1. The van der Waals surface area contributed by atoms with Crippen LogP contribution in [0.25, 0.3) is 0 Å². The molecule has 0 amide bonds. The molecule has 0 aliphatic heterocycles. The lowest BCUT2D eigenvalue weighted by atomic mass is 10.0. The molecule has 0 saturated carbocycles. The van der Waals surface area contributed by atoms with Gasteiger partial charge in [0, 0.05) is 6.61 Å². The van der Waals surface area contributed by atoms with Crippen LogP contribution in [0.5, 0.6) is 0 Å². The van der Waals surface area contributed by atoms with Gasteiger partial charge in [0.2, 0.25) is 0 Å². The van der Waals surface area contributed by atoms with Gasteiger partial charge >= 0.3 is 0 Å². The van der Waals surface area contributed by atoms with Gasteiger partial charge in [-0.2, -0.15) is 5.26 Å². The largest absolute Gasteiger partial charge is 0.359 e. The van der Waals surface area contributed by atoms with Crippen LogP contribution in [0, 0.1) is 18.3 Å². The molecular formula is C11H13NO. The summed E-state index contributed by atoms with van der Waals surface area (Å²) in [5.41, 5.74) is 2.06. The van der Waals surface area contributed by atoms with Crippen LogP contribution in [-0.2, 0) is 4.74 Å². The van der Waals surface area contributed by atoms with Crippen LogP contribution in [0.3, 0.4) is 0 Å². The summed E-state index contributed by atoms with van der Waals surface area (Å²) in [6.45, 7) is 4.44. The highest BCUT2D eigenvalue weighted by atomic mass is 16.5. The van der Waals surface area contributed by atoms with Gasteiger partial charge in [-0.3, -0.25) is 0 Å². The minimum Gasteiger partial charge on any atom is -0.359 e. The molecule has 13 heavy (non-hydrogen) atoms. The fraction of sp³-hybridized carbons (Fsp3) is 0.364. The first-order chi connectivity index (χ1) is 6.29. The normalized spacial score (nSPS) is 12.1. The highest BCUT2D eigenvalue weighted by molar-refractivity contribution is 5.30. The van der Waals surface area contributed by atoms with Gasteiger partial charge in [-0.05, 0) is 25.0 Å². The Morgan fingerprint density at radius 3 is 2.69 bits per heavy atom. The molecule has 0 radical (unpaired) electrons. The molecule has 1 rings (SSSR count). The average molecular weight is 175 g/mol. The molecule has 1 unspecified atom stereocenters. The van der Waals surface area contributed by atoms with Gasteiger partial charge in [-0.15, -0.1) is 0 Å². The molecule has 0 N–H and O–H groups in total. The van der Waals surface area contributed by atoms with E-state index < -0.39 is 6.10 Å². The zero-order chi connectivity index (χ0) is 9.68. The number of ether oxygens (including phenoxy) is 1. The van der Waals surface area contributed by atoms with Crippen molar-refractivity contribution in [2.45, 2.75) is 20.0 Å². The highest BCUT2D eigenvalue weighted by Crippen LogP contribution is 2.19. The summed E-state index contributed by atoms with van der Waals surface area (Å²) in [6, 6.07) is 9.93. The summed E-state index contributed by atoms with van der Waals surface area (Å²) < 4.78 is 5.30. The third-order valence-corrected chi connectivity index (χ3v) is 1.92. The third-order valence-electron chi connectivity index (χ3n) is 1.92. The summed E-state index contributed by atoms with van der Waals surface area (Å²) in [5, 5.41) is 8.86. The van der Waals surface area contributed by atoms with Crippen molar-refractivity contribution in [2.75, 3.05) is 6.61 Å². The molecule has 0 bridgehead atoms. The lowest BCUT2D eigenvalue weighted by Crippen LogP contribution is -2.03. The highest BCUT2D eigenvalue weighted by Gasteiger charge is 2.11. The number of hydrogen-bond acceptors (Lipinski definition) is 2. The topological polar surface area (TPSA) is 33.0 Å². The molecule has 68 valence electrons. The van der Waals surface area contributed by atoms with Gasteiger partial charge in [0.15, 0.2) is 6.10 Å². The Balaban J connectivity index is 2.92. The van der Waals surface area contributed by atoms with Gasteiger partial charge in [0.1, 0.15) is 0 Å². The van der Waals surface area contributed by atoms with Crippen LogP contribution in [0.2, 0.25) is 0 Å². The van der Waals surface area contributed by atoms with Gasteiger partial charge in [-0.1, -0.05) is 24.3 Å². The standard InChI is InChI=1S/C11H13NO/c1-3-13-11(8-12)10-7-5-4-6-9(10)2/h4-7,11H,3H2,1-2H3. The van der Waals surface area contributed by atoms with E-state index in [-0.39, 0.29) is 0 Å². The molecule has 0 aliphatic rings. The first-order valence-electron chi connectivity index (χ1n) is 4.36. The van der Waals surface area contributed by atoms with Crippen LogP contribution in [-0.4, -0.2) is 6.61 Å². The summed E-state index contributed by atoms with van der Waals surface area (Å²) >= 11 is 0. The predicted octanol–water partition coefficient (Wildman–Crippen LogP) is 2.60. The van der Waals surface area contributed by atoms with Crippen molar-refractivity contribution >= 4 is 0 Å². The number of nitrogens with zero attached hydrogens (tertiary/aromatic N) is 1. The number of rotatable bonds is 3. The molecule has 0 heterocycles. The van der Waals surface area contributed by atoms with Crippen molar-refractivity contribution in [1.29, 1.82) is 5.26 Å². The maximum absolute atomic E-state index is 8.86. The maximum atomic E-state index is 8.86. The minimum atomic E-state index is -0.425. The summed E-state index contributed by atoms with van der Waals surface area (Å²) in [4.78, 5) is 0. The van der Waals surface area contributed by atoms with Crippen LogP contribution >= 0.6 is 0 Å². The van der Waals surface area contributed by atoms with E-state index in [1.807, 2.05) is 38.1 Å². The second kappa shape index (κ2) is 4.64. The van der Waals surface area contributed by atoms with Crippen LogP contribution in [0.1, 0.15) is 24.2 Å². The van der Waals surface area contributed by atoms with E-state index in [9.17, 15) is 0 Å². The Labute approximate surface area is 78.8 Å². The molecule has 0 aromatic heterocycles. The molecule has 0 spiro atoms. The number of aryl methyl sites for hydroxylation is 1. The van der Waals surface area contributed by atoms with Crippen molar-refractivity contribution in [3.05, 3.63) is 35.4 Å². The second-order valence-corrected chi connectivity index (χ2v) is 2.82. The summed E-state index contributed by atoms with van der Waals surface area (Å²) in [6.07, 6.45) is -0.425. The zero-order valence-corrected chi connectivity index (χ0v) is 7.95. The number of benzene rings is 1. The molecule has 1 aromatic rings. The minimum absolute atomic E-state index is 0.425. The summed E-state index contributed by atoms with van der Waals surface area (Å²) in [5.74, 6) is 0. The molecule has 1 aromatic carbocycles. The Hall–Kier alpha value is -1.33. The van der Waals surface area contributed by atoms with E-state index in [1.54, 1.807) is 0 Å². The zero-order valence-electron chi connectivity index (χ0n) is 7.95. The van der Waals surface area contributed by atoms with E-state index in [2.05, 4.69) is 6.07 Å². The smallest absolute Gasteiger partial charge is 0.169 e. The van der Waals surface area contributed by atoms with E-state index in [4.69, 9.17) is 10.00 Å². The molecule has 0 saturated heterocycles. The van der Waals surface area contributed by atoms with Crippen LogP contribution < -0.4 is 0 Å². The van der Waals surface area contributed by atoms with Crippen LogP contribution in [0.15, 0.2) is 24.3 Å². The Bertz CT molecular complexity index is 314. The molecule has 0 aliphatic carbocycles. The predicted molar refractivity (Wildman–Crippen MR) is 51.2 cm³/mol. The van der Waals surface area contributed by atoms with Gasteiger partial charge < -0.3 is 4.74 Å². The molecule has 2 nitrogen and oxygen atoms in total. The maximum Gasteiger partial charge on any atom is 0.169 e. The lowest BCUT2D eigenvalue weighted by molar-refractivity contribution is 0.102. The van der Waals surface area contributed by atoms with Gasteiger partial charge in [0.25, 0.3) is 0 Å². The fourth-order valence-electron chi connectivity index (χ4n) is 1.24. The van der Waals surface area contributed by atoms with Crippen molar-refractivity contribution in [2.24, 2.45) is 0 Å². The number of hydrogen-bond donors (Lipinski definition) is 0. The van der Waals surface area contributed by atoms with Crippen molar-refractivity contribution in [3.8, 4) is 6.07 Å². The first kappa shape index (κ1) is 9.76. The summed E-state index contributed by atoms with van der Waals surface area (Å²) in [7, 11) is 0. The quantitative estimate of drug-likeness (QED) is 0.707. The van der Waals surface area contributed by atoms with E-state index in [1.165, 1.54) is 0 Å². The second-order valence-electron chi connectivity index (χ2n) is 2.82. The van der Waals surface area contributed by atoms with Gasteiger partial charge in [0.05, 0.1) is 6.07 Å². The monoisotopic (exact) mass is 175 g/mol. The Morgan fingerprint density at radius 2 is 2.15 bits per heavy atom. The third kappa shape index (κ3) is 2.30. The van der Waals surface area contributed by atoms with Crippen molar-refractivity contribution in [1.82, 2.24) is 0 Å². The Kier molecular flexibility index (Phi) is 3.48. The van der Waals surface area contributed by atoms with E-state index in [0.29, 0.717) is 6.61 Å². The molecule has 0 fully saturated rings. The first-order valence-corrected chi connectivity index (χ1v) is 4.36. The molecule has 2 heteroatoms. The van der Waals surface area contributed by atoms with Crippen LogP contribution in [0.4, 0.5) is 0 Å². The van der Waals surface area contributed by atoms with E-state index in [0.717, 1.165) is 11.1 Å². The SMILES string of the molecule is CCOC(C#N)c1ccccc1C.